The molecule has 0 aromatic heterocycles. The normalized spacial score (nSPS) is 17.3. The van der Waals surface area contributed by atoms with Gasteiger partial charge in [0.1, 0.15) is 0 Å². The molecule has 1 aromatic carbocycles. The van der Waals surface area contributed by atoms with Crippen LogP contribution in [0.15, 0.2) is 23.1 Å². The van der Waals surface area contributed by atoms with Gasteiger partial charge in [-0.05, 0) is 32.4 Å². The summed E-state index contributed by atoms with van der Waals surface area (Å²) in [5, 5.41) is 3.26. The maximum Gasteiger partial charge on any atom is 0.235 e. The first kappa shape index (κ1) is 14.4. The molecule has 0 saturated carbocycles. The minimum absolute atomic E-state index is 0.0152. The van der Waals surface area contributed by atoms with Crippen LogP contribution < -0.4 is 5.32 Å². The zero-order valence-corrected chi connectivity index (χ0v) is 12.7. The van der Waals surface area contributed by atoms with Crippen molar-refractivity contribution in [2.45, 2.75) is 30.9 Å². The minimum atomic E-state index is -0.0152. The van der Waals surface area contributed by atoms with Crippen molar-refractivity contribution < 1.29 is 4.79 Å². The smallest absolute Gasteiger partial charge is 0.235 e. The summed E-state index contributed by atoms with van der Waals surface area (Å²) in [6.07, 6.45) is 0. The van der Waals surface area contributed by atoms with Gasteiger partial charge in [0.15, 0.2) is 0 Å². The second-order valence-electron chi connectivity index (χ2n) is 5.10. The summed E-state index contributed by atoms with van der Waals surface area (Å²) >= 11 is 1.67. The van der Waals surface area contributed by atoms with Crippen molar-refractivity contribution in [1.82, 2.24) is 10.2 Å². The van der Waals surface area contributed by atoms with E-state index < -0.39 is 0 Å². The number of piperazine rings is 1. The summed E-state index contributed by atoms with van der Waals surface area (Å²) in [6, 6.07) is 6.41. The molecular weight excluding hydrogens is 256 g/mol. The van der Waals surface area contributed by atoms with E-state index in [1.54, 1.807) is 11.8 Å². The Labute approximate surface area is 119 Å². The number of hydrogen-bond acceptors (Lipinski definition) is 3. The van der Waals surface area contributed by atoms with Gasteiger partial charge in [-0.3, -0.25) is 4.79 Å². The second-order valence-corrected chi connectivity index (χ2v) is 6.49. The van der Waals surface area contributed by atoms with Gasteiger partial charge in [-0.15, -0.1) is 11.8 Å². The zero-order valence-electron chi connectivity index (χ0n) is 11.9. The van der Waals surface area contributed by atoms with Crippen molar-refractivity contribution in [2.75, 3.05) is 26.2 Å². The minimum Gasteiger partial charge on any atom is -0.339 e. The lowest BCUT2D eigenvalue weighted by atomic mass is 10.2. The quantitative estimate of drug-likeness (QED) is 0.861. The lowest BCUT2D eigenvalue weighted by Gasteiger charge is -2.29. The number of thioether (sulfide) groups is 1. The Bertz CT molecular complexity index is 455. The molecule has 0 bridgehead atoms. The molecule has 0 radical (unpaired) electrons. The van der Waals surface area contributed by atoms with Crippen LogP contribution in [0.2, 0.25) is 0 Å². The summed E-state index contributed by atoms with van der Waals surface area (Å²) in [7, 11) is 0. The Hall–Kier alpha value is -1.00. The van der Waals surface area contributed by atoms with E-state index in [0.29, 0.717) is 0 Å². The number of aryl methyl sites for hydroxylation is 2. The van der Waals surface area contributed by atoms with Crippen molar-refractivity contribution in [3.8, 4) is 0 Å². The number of carbonyl (C=O) groups is 1. The summed E-state index contributed by atoms with van der Waals surface area (Å²) in [6.45, 7) is 9.68. The van der Waals surface area contributed by atoms with Crippen LogP contribution in [0.25, 0.3) is 0 Å². The van der Waals surface area contributed by atoms with E-state index in [1.807, 2.05) is 11.8 Å². The van der Waals surface area contributed by atoms with Crippen LogP contribution in [-0.2, 0) is 4.79 Å². The number of nitrogens with zero attached hydrogens (tertiary/aromatic N) is 1. The van der Waals surface area contributed by atoms with E-state index in [1.165, 1.54) is 16.0 Å². The van der Waals surface area contributed by atoms with Crippen LogP contribution in [0.1, 0.15) is 18.1 Å². The van der Waals surface area contributed by atoms with Gasteiger partial charge in [-0.2, -0.15) is 0 Å². The predicted octanol–water partition coefficient (Wildman–Crippen LogP) is 2.22. The van der Waals surface area contributed by atoms with Crippen LogP contribution in [0.5, 0.6) is 0 Å². The van der Waals surface area contributed by atoms with E-state index in [4.69, 9.17) is 0 Å². The first-order valence-corrected chi connectivity index (χ1v) is 7.69. The highest BCUT2D eigenvalue weighted by atomic mass is 32.2. The van der Waals surface area contributed by atoms with Gasteiger partial charge in [0.25, 0.3) is 0 Å². The summed E-state index contributed by atoms with van der Waals surface area (Å²) < 4.78 is 0. The van der Waals surface area contributed by atoms with Crippen molar-refractivity contribution in [1.29, 1.82) is 0 Å². The molecule has 1 saturated heterocycles. The second kappa shape index (κ2) is 6.44. The van der Waals surface area contributed by atoms with Gasteiger partial charge in [0.2, 0.25) is 5.91 Å². The maximum atomic E-state index is 12.4. The van der Waals surface area contributed by atoms with Crippen molar-refractivity contribution >= 4 is 17.7 Å². The molecule has 1 amide bonds. The zero-order chi connectivity index (χ0) is 13.8. The molecule has 1 atom stereocenters. The maximum absolute atomic E-state index is 12.4. The molecule has 1 heterocycles. The number of rotatable bonds is 3. The standard InChI is InChI=1S/C15H22N2OS/c1-11-4-5-12(2)14(10-11)19-13(3)15(18)17-8-6-16-7-9-17/h4-5,10,13,16H,6-9H2,1-3H3. The Kier molecular flexibility index (Phi) is 4.88. The molecule has 1 aliphatic heterocycles. The largest absolute Gasteiger partial charge is 0.339 e. The summed E-state index contributed by atoms with van der Waals surface area (Å²) in [4.78, 5) is 15.6. The van der Waals surface area contributed by atoms with Crippen molar-refractivity contribution in [3.63, 3.8) is 0 Å². The molecule has 4 heteroatoms. The average molecular weight is 278 g/mol. The monoisotopic (exact) mass is 278 g/mol. The Morgan fingerprint density at radius 2 is 2.00 bits per heavy atom. The summed E-state index contributed by atoms with van der Waals surface area (Å²) in [5.74, 6) is 0.257. The molecule has 1 N–H and O–H groups in total. The Morgan fingerprint density at radius 1 is 1.32 bits per heavy atom. The molecular formula is C15H22N2OS. The number of nitrogens with one attached hydrogen (secondary N) is 1. The van der Waals surface area contributed by atoms with Crippen LogP contribution in [0.3, 0.4) is 0 Å². The average Bonchev–Trinajstić information content (AvgIpc) is 2.43. The van der Waals surface area contributed by atoms with Crippen LogP contribution >= 0.6 is 11.8 Å². The fourth-order valence-electron chi connectivity index (χ4n) is 2.22. The molecule has 104 valence electrons. The van der Waals surface area contributed by atoms with Crippen LogP contribution in [0, 0.1) is 13.8 Å². The Balaban J connectivity index is 2.01. The third-order valence-electron chi connectivity index (χ3n) is 3.42. The molecule has 3 nitrogen and oxygen atoms in total. The number of carbonyl (C=O) groups excluding carboxylic acids is 1. The Morgan fingerprint density at radius 3 is 2.68 bits per heavy atom. The molecule has 2 rings (SSSR count). The van der Waals surface area contributed by atoms with E-state index in [0.717, 1.165) is 26.2 Å². The lowest BCUT2D eigenvalue weighted by molar-refractivity contribution is -0.130. The molecule has 19 heavy (non-hydrogen) atoms. The highest BCUT2D eigenvalue weighted by Gasteiger charge is 2.23. The number of amides is 1. The third kappa shape index (κ3) is 3.74. The van der Waals surface area contributed by atoms with E-state index in [-0.39, 0.29) is 11.2 Å². The molecule has 1 aliphatic rings. The lowest BCUT2D eigenvalue weighted by Crippen LogP contribution is -2.48. The predicted molar refractivity (Wildman–Crippen MR) is 80.7 cm³/mol. The van der Waals surface area contributed by atoms with Crippen LogP contribution in [0.4, 0.5) is 0 Å². The molecule has 1 unspecified atom stereocenters. The first-order valence-electron chi connectivity index (χ1n) is 6.81. The van der Waals surface area contributed by atoms with Crippen molar-refractivity contribution in [2.24, 2.45) is 0 Å². The summed E-state index contributed by atoms with van der Waals surface area (Å²) in [5.41, 5.74) is 2.49. The first-order chi connectivity index (χ1) is 9.08. The van der Waals surface area contributed by atoms with E-state index >= 15 is 0 Å². The van der Waals surface area contributed by atoms with Gasteiger partial charge in [-0.25, -0.2) is 0 Å². The molecule has 1 aromatic rings. The third-order valence-corrected chi connectivity index (χ3v) is 4.67. The van der Waals surface area contributed by atoms with Crippen molar-refractivity contribution in [3.05, 3.63) is 29.3 Å². The van der Waals surface area contributed by atoms with Gasteiger partial charge >= 0.3 is 0 Å². The molecule has 1 fully saturated rings. The van der Waals surface area contributed by atoms with Gasteiger partial charge < -0.3 is 10.2 Å². The fourth-order valence-corrected chi connectivity index (χ4v) is 3.36. The van der Waals surface area contributed by atoms with Gasteiger partial charge in [0, 0.05) is 31.1 Å². The SMILES string of the molecule is Cc1ccc(C)c(SC(C)C(=O)N2CCNCC2)c1. The highest BCUT2D eigenvalue weighted by molar-refractivity contribution is 8.00. The molecule has 0 aliphatic carbocycles. The number of hydrogen-bond donors (Lipinski definition) is 1. The van der Waals surface area contributed by atoms with Gasteiger partial charge in [-0.1, -0.05) is 17.7 Å². The highest BCUT2D eigenvalue weighted by Crippen LogP contribution is 2.28. The molecule has 0 spiro atoms. The van der Waals surface area contributed by atoms with Gasteiger partial charge in [0.05, 0.1) is 5.25 Å². The van der Waals surface area contributed by atoms with E-state index in [9.17, 15) is 4.79 Å². The fraction of sp³-hybridized carbons (Fsp3) is 0.533. The topological polar surface area (TPSA) is 32.3 Å². The van der Waals surface area contributed by atoms with E-state index in [2.05, 4.69) is 37.4 Å². The number of benzene rings is 1. The van der Waals surface area contributed by atoms with Crippen LogP contribution in [-0.4, -0.2) is 42.2 Å².